The molecule has 0 saturated carbocycles. The van der Waals surface area contributed by atoms with E-state index in [1.165, 1.54) is 11.6 Å². The zero-order valence-corrected chi connectivity index (χ0v) is 17.1. The number of hydrogen-bond acceptors (Lipinski definition) is 4. The van der Waals surface area contributed by atoms with Gasteiger partial charge in [-0.15, -0.1) is 12.4 Å². The van der Waals surface area contributed by atoms with Crippen molar-refractivity contribution in [3.63, 3.8) is 0 Å². The van der Waals surface area contributed by atoms with Crippen molar-refractivity contribution in [2.24, 2.45) is 0 Å². The van der Waals surface area contributed by atoms with E-state index in [0.717, 1.165) is 31.6 Å². The molecule has 1 fully saturated rings. The summed E-state index contributed by atoms with van der Waals surface area (Å²) in [6, 6.07) is 14.7. The number of nitrogens with zero attached hydrogens (tertiary/aromatic N) is 1. The van der Waals surface area contributed by atoms with E-state index in [9.17, 15) is 13.6 Å². The number of ether oxygens (including phenoxy) is 1. The predicted molar refractivity (Wildman–Crippen MR) is 112 cm³/mol. The summed E-state index contributed by atoms with van der Waals surface area (Å²) in [5.74, 6) is -0.305. The van der Waals surface area contributed by atoms with Gasteiger partial charge in [-0.3, -0.25) is 9.69 Å². The summed E-state index contributed by atoms with van der Waals surface area (Å²) in [7, 11) is 0. The Morgan fingerprint density at radius 3 is 2.66 bits per heavy atom. The normalized spacial score (nSPS) is 16.9. The van der Waals surface area contributed by atoms with Crippen LogP contribution in [0.15, 0.2) is 48.5 Å². The molecule has 1 aliphatic rings. The third kappa shape index (κ3) is 6.39. The Morgan fingerprint density at radius 2 is 1.97 bits per heavy atom. The van der Waals surface area contributed by atoms with Crippen LogP contribution >= 0.6 is 12.4 Å². The Labute approximate surface area is 175 Å². The fourth-order valence-electron chi connectivity index (χ4n) is 3.38. The first-order valence-electron chi connectivity index (χ1n) is 9.44. The number of para-hydroxylation sites is 2. The van der Waals surface area contributed by atoms with Crippen LogP contribution in [0.25, 0.3) is 0 Å². The number of rotatable bonds is 7. The first kappa shape index (κ1) is 23.1. The van der Waals surface area contributed by atoms with E-state index < -0.39 is 6.61 Å². The fraction of sp³-hybridized carbons (Fsp3) is 0.381. The monoisotopic (exact) mass is 425 g/mol. The molecule has 2 N–H and O–H groups in total. The Balaban J connectivity index is 0.00000300. The highest BCUT2D eigenvalue weighted by atomic mass is 35.5. The number of hydrogen-bond donors (Lipinski definition) is 2. The summed E-state index contributed by atoms with van der Waals surface area (Å²) in [6.07, 6.45) is 0.982. The molecule has 1 unspecified atom stereocenters. The number of aryl methyl sites for hydroxylation is 1. The molecule has 1 aliphatic heterocycles. The molecule has 0 bridgehead atoms. The molecule has 2 aromatic carbocycles. The van der Waals surface area contributed by atoms with Gasteiger partial charge in [0, 0.05) is 25.7 Å². The third-order valence-corrected chi connectivity index (χ3v) is 4.85. The molecule has 1 heterocycles. The Morgan fingerprint density at radius 1 is 1.24 bits per heavy atom. The summed E-state index contributed by atoms with van der Waals surface area (Å²) in [5.41, 5.74) is 2.66. The van der Waals surface area contributed by atoms with Gasteiger partial charge in [0.2, 0.25) is 5.91 Å². The zero-order valence-electron chi connectivity index (χ0n) is 16.2. The van der Waals surface area contributed by atoms with Gasteiger partial charge in [-0.05, 0) is 29.7 Å². The van der Waals surface area contributed by atoms with E-state index in [-0.39, 0.29) is 42.3 Å². The summed E-state index contributed by atoms with van der Waals surface area (Å²) in [5, 5.41) is 6.06. The van der Waals surface area contributed by atoms with Gasteiger partial charge in [0.25, 0.3) is 0 Å². The number of amides is 1. The Bertz CT molecular complexity index is 790. The topological polar surface area (TPSA) is 53.6 Å². The third-order valence-electron chi connectivity index (χ3n) is 4.85. The minimum Gasteiger partial charge on any atom is -0.433 e. The molecule has 8 heteroatoms. The number of nitrogens with one attached hydrogen (secondary N) is 2. The van der Waals surface area contributed by atoms with Crippen LogP contribution in [0.2, 0.25) is 0 Å². The van der Waals surface area contributed by atoms with Gasteiger partial charge in [-0.1, -0.05) is 43.3 Å². The molecule has 2 aromatic rings. The van der Waals surface area contributed by atoms with Crippen molar-refractivity contribution in [1.29, 1.82) is 0 Å². The summed E-state index contributed by atoms with van der Waals surface area (Å²) < 4.78 is 29.6. The highest BCUT2D eigenvalue weighted by molar-refractivity contribution is 5.93. The minimum atomic E-state index is -2.94. The highest BCUT2D eigenvalue weighted by Crippen LogP contribution is 2.26. The van der Waals surface area contributed by atoms with Crippen LogP contribution in [0.5, 0.6) is 5.75 Å². The maximum absolute atomic E-state index is 12.6. The molecule has 5 nitrogen and oxygen atoms in total. The van der Waals surface area contributed by atoms with Crippen LogP contribution in [-0.4, -0.2) is 43.6 Å². The maximum Gasteiger partial charge on any atom is 0.387 e. The van der Waals surface area contributed by atoms with E-state index in [0.29, 0.717) is 0 Å². The molecule has 0 radical (unpaired) electrons. The lowest BCUT2D eigenvalue weighted by atomic mass is 10.0. The van der Waals surface area contributed by atoms with E-state index in [2.05, 4.69) is 51.5 Å². The summed E-state index contributed by atoms with van der Waals surface area (Å²) in [6.45, 7) is 1.62. The number of anilines is 1. The van der Waals surface area contributed by atoms with Crippen molar-refractivity contribution in [2.45, 2.75) is 26.0 Å². The van der Waals surface area contributed by atoms with Gasteiger partial charge in [0.05, 0.1) is 12.2 Å². The number of alkyl halides is 2. The quantitative estimate of drug-likeness (QED) is 0.707. The molecular formula is C21H26ClF2N3O2. The van der Waals surface area contributed by atoms with Gasteiger partial charge in [0.15, 0.2) is 0 Å². The molecular weight excluding hydrogens is 400 g/mol. The largest absolute Gasteiger partial charge is 0.433 e. The van der Waals surface area contributed by atoms with Crippen molar-refractivity contribution in [1.82, 2.24) is 10.2 Å². The number of piperazine rings is 1. The van der Waals surface area contributed by atoms with Crippen LogP contribution in [0.1, 0.15) is 24.1 Å². The predicted octanol–water partition coefficient (Wildman–Crippen LogP) is 3.86. The van der Waals surface area contributed by atoms with E-state index in [1.807, 2.05) is 0 Å². The van der Waals surface area contributed by atoms with Crippen molar-refractivity contribution < 1.29 is 18.3 Å². The van der Waals surface area contributed by atoms with E-state index in [1.54, 1.807) is 18.2 Å². The van der Waals surface area contributed by atoms with Crippen LogP contribution in [0.3, 0.4) is 0 Å². The number of carbonyl (C=O) groups excluding carboxylic acids is 1. The van der Waals surface area contributed by atoms with Crippen molar-refractivity contribution in [3.05, 3.63) is 59.7 Å². The molecule has 1 amide bonds. The number of carbonyl (C=O) groups is 1. The number of halogens is 3. The zero-order chi connectivity index (χ0) is 19.9. The fourth-order valence-corrected chi connectivity index (χ4v) is 3.38. The average molecular weight is 426 g/mol. The Hall–Kier alpha value is -2.22. The highest BCUT2D eigenvalue weighted by Gasteiger charge is 2.25. The molecule has 29 heavy (non-hydrogen) atoms. The standard InChI is InChI=1S/C21H25F2N3O2.ClH/c1-2-15-7-9-16(10-8-15)18-13-24-11-12-26(18)14-20(27)25-17-5-3-4-6-19(17)28-21(22)23;/h3-10,18,21,24H,2,11-14H2,1H3,(H,25,27);1H. The summed E-state index contributed by atoms with van der Waals surface area (Å²) in [4.78, 5) is 14.7. The molecule has 1 saturated heterocycles. The minimum absolute atomic E-state index is 0. The van der Waals surface area contributed by atoms with Crippen molar-refractivity contribution >= 4 is 24.0 Å². The lowest BCUT2D eigenvalue weighted by molar-refractivity contribution is -0.118. The van der Waals surface area contributed by atoms with Gasteiger partial charge in [-0.2, -0.15) is 8.78 Å². The first-order valence-corrected chi connectivity index (χ1v) is 9.44. The van der Waals surface area contributed by atoms with Crippen molar-refractivity contribution in [2.75, 3.05) is 31.5 Å². The molecule has 0 aliphatic carbocycles. The smallest absolute Gasteiger partial charge is 0.387 e. The van der Waals surface area contributed by atoms with Crippen LogP contribution < -0.4 is 15.4 Å². The number of benzene rings is 2. The second kappa shape index (κ2) is 11.1. The van der Waals surface area contributed by atoms with E-state index >= 15 is 0 Å². The lowest BCUT2D eigenvalue weighted by Crippen LogP contribution is -2.48. The molecule has 158 valence electrons. The summed E-state index contributed by atoms with van der Waals surface area (Å²) >= 11 is 0. The van der Waals surface area contributed by atoms with Gasteiger partial charge < -0.3 is 15.4 Å². The maximum atomic E-state index is 12.6. The van der Waals surface area contributed by atoms with Crippen LogP contribution in [-0.2, 0) is 11.2 Å². The van der Waals surface area contributed by atoms with Gasteiger partial charge >= 0.3 is 6.61 Å². The second-order valence-electron chi connectivity index (χ2n) is 6.71. The molecule has 0 aromatic heterocycles. The SMILES string of the molecule is CCc1ccc(C2CNCCN2CC(=O)Nc2ccccc2OC(F)F)cc1.Cl. The molecule has 3 rings (SSSR count). The molecule has 0 spiro atoms. The van der Waals surface area contributed by atoms with Crippen LogP contribution in [0.4, 0.5) is 14.5 Å². The van der Waals surface area contributed by atoms with Crippen molar-refractivity contribution in [3.8, 4) is 5.75 Å². The molecule has 1 atom stereocenters. The Kier molecular flexibility index (Phi) is 8.82. The average Bonchev–Trinajstić information content (AvgIpc) is 2.69. The second-order valence-corrected chi connectivity index (χ2v) is 6.71. The lowest BCUT2D eigenvalue weighted by Gasteiger charge is -2.36. The van der Waals surface area contributed by atoms with Gasteiger partial charge in [-0.25, -0.2) is 0 Å². The first-order chi connectivity index (χ1) is 13.6. The van der Waals surface area contributed by atoms with Gasteiger partial charge in [0.1, 0.15) is 5.75 Å². The van der Waals surface area contributed by atoms with Crippen LogP contribution in [0, 0.1) is 0 Å². The van der Waals surface area contributed by atoms with E-state index in [4.69, 9.17) is 0 Å².